The Hall–Kier alpha value is -2.83. The number of nitrogens with two attached hydrogens (primary N) is 1. The quantitative estimate of drug-likeness (QED) is 0.909. The van der Waals surface area contributed by atoms with Crippen LogP contribution in [-0.4, -0.2) is 11.8 Å². The van der Waals surface area contributed by atoms with E-state index in [0.29, 0.717) is 5.56 Å². The Kier molecular flexibility index (Phi) is 4.40. The number of aryl methyl sites for hydroxylation is 1. The topological polar surface area (TPSA) is 72.2 Å². The van der Waals surface area contributed by atoms with Gasteiger partial charge in [0.25, 0.3) is 5.91 Å². The maximum absolute atomic E-state index is 12.7. The monoisotopic (exact) mass is 322 g/mol. The zero-order valence-electron chi connectivity index (χ0n) is 12.1. The summed E-state index contributed by atoms with van der Waals surface area (Å²) in [6.07, 6.45) is -4.50. The van der Waals surface area contributed by atoms with Gasteiger partial charge in [0.2, 0.25) is 5.91 Å². The number of alkyl halides is 3. The number of rotatable bonds is 3. The average molecular weight is 322 g/mol. The molecule has 0 radical (unpaired) electrons. The molecule has 0 fully saturated rings. The van der Waals surface area contributed by atoms with Gasteiger partial charge in [-0.1, -0.05) is 12.1 Å². The van der Waals surface area contributed by atoms with Crippen LogP contribution in [0, 0.1) is 6.92 Å². The van der Waals surface area contributed by atoms with Gasteiger partial charge in [-0.15, -0.1) is 0 Å². The second-order valence-electron chi connectivity index (χ2n) is 4.93. The summed E-state index contributed by atoms with van der Waals surface area (Å²) in [7, 11) is 0. The molecule has 2 aromatic carbocycles. The van der Waals surface area contributed by atoms with Crippen LogP contribution in [0.2, 0.25) is 0 Å². The lowest BCUT2D eigenvalue weighted by atomic mass is 10.0. The Morgan fingerprint density at radius 2 is 1.78 bits per heavy atom. The number of primary amides is 1. The second-order valence-corrected chi connectivity index (χ2v) is 4.93. The molecule has 0 aliphatic rings. The predicted octanol–water partition coefficient (Wildman–Crippen LogP) is 3.37. The van der Waals surface area contributed by atoms with Gasteiger partial charge >= 0.3 is 6.18 Å². The molecule has 0 saturated carbocycles. The van der Waals surface area contributed by atoms with Crippen molar-refractivity contribution in [2.24, 2.45) is 5.73 Å². The van der Waals surface area contributed by atoms with Gasteiger partial charge in [-0.05, 0) is 42.8 Å². The first-order valence-electron chi connectivity index (χ1n) is 6.57. The van der Waals surface area contributed by atoms with Crippen molar-refractivity contribution in [3.63, 3.8) is 0 Å². The first-order valence-corrected chi connectivity index (χ1v) is 6.57. The van der Waals surface area contributed by atoms with Crippen LogP contribution in [0.4, 0.5) is 18.9 Å². The molecule has 0 unspecified atom stereocenters. The first kappa shape index (κ1) is 16.5. The Bertz CT molecular complexity index is 770. The van der Waals surface area contributed by atoms with E-state index in [0.717, 1.165) is 12.1 Å². The standard InChI is InChI=1S/C16H13F3N2O2/c1-9-5-6-10(7-13(9)14(20)22)15(23)21-12-4-2-3-11(8-12)16(17,18)19/h2-8H,1H3,(H2,20,22)(H,21,23). The Labute approximate surface area is 130 Å². The highest BCUT2D eigenvalue weighted by atomic mass is 19.4. The Morgan fingerprint density at radius 1 is 1.09 bits per heavy atom. The van der Waals surface area contributed by atoms with Crippen LogP contribution in [0.5, 0.6) is 0 Å². The molecule has 7 heteroatoms. The van der Waals surface area contributed by atoms with Crippen LogP contribution in [0.3, 0.4) is 0 Å². The predicted molar refractivity (Wildman–Crippen MR) is 79.1 cm³/mol. The van der Waals surface area contributed by atoms with Crippen molar-refractivity contribution in [1.82, 2.24) is 0 Å². The number of carbonyl (C=O) groups is 2. The Morgan fingerprint density at radius 3 is 2.39 bits per heavy atom. The van der Waals surface area contributed by atoms with E-state index < -0.39 is 23.6 Å². The molecule has 0 aliphatic carbocycles. The summed E-state index contributed by atoms with van der Waals surface area (Å²) in [5.74, 6) is -1.32. The molecule has 2 rings (SSSR count). The van der Waals surface area contributed by atoms with Gasteiger partial charge in [0, 0.05) is 16.8 Å². The molecule has 2 aromatic rings. The smallest absolute Gasteiger partial charge is 0.366 e. The zero-order valence-corrected chi connectivity index (χ0v) is 12.1. The molecule has 120 valence electrons. The number of hydrogen-bond acceptors (Lipinski definition) is 2. The van der Waals surface area contributed by atoms with Gasteiger partial charge < -0.3 is 11.1 Å². The third-order valence-corrected chi connectivity index (χ3v) is 3.21. The number of anilines is 1. The largest absolute Gasteiger partial charge is 0.416 e. The molecule has 0 aliphatic heterocycles. The molecule has 0 bridgehead atoms. The zero-order chi connectivity index (χ0) is 17.2. The van der Waals surface area contributed by atoms with Crippen molar-refractivity contribution in [3.05, 3.63) is 64.7 Å². The van der Waals surface area contributed by atoms with E-state index in [1.165, 1.54) is 24.3 Å². The summed E-state index contributed by atoms with van der Waals surface area (Å²) in [6.45, 7) is 1.66. The summed E-state index contributed by atoms with van der Waals surface area (Å²) in [4.78, 5) is 23.4. The highest BCUT2D eigenvalue weighted by Crippen LogP contribution is 2.30. The van der Waals surface area contributed by atoms with E-state index in [1.807, 2.05) is 0 Å². The minimum atomic E-state index is -4.50. The molecule has 0 saturated heterocycles. The normalized spacial score (nSPS) is 11.1. The fourth-order valence-electron chi connectivity index (χ4n) is 2.01. The SMILES string of the molecule is Cc1ccc(C(=O)Nc2cccc(C(F)(F)F)c2)cc1C(N)=O. The summed E-state index contributed by atoms with van der Waals surface area (Å²) in [5.41, 5.74) is 5.26. The van der Waals surface area contributed by atoms with Crippen molar-refractivity contribution in [2.45, 2.75) is 13.1 Å². The van der Waals surface area contributed by atoms with Crippen LogP contribution < -0.4 is 11.1 Å². The maximum Gasteiger partial charge on any atom is 0.416 e. The van der Waals surface area contributed by atoms with Crippen LogP contribution >= 0.6 is 0 Å². The van der Waals surface area contributed by atoms with Crippen molar-refractivity contribution in [3.8, 4) is 0 Å². The lowest BCUT2D eigenvalue weighted by Crippen LogP contribution is -2.17. The van der Waals surface area contributed by atoms with E-state index in [2.05, 4.69) is 5.32 Å². The lowest BCUT2D eigenvalue weighted by molar-refractivity contribution is -0.137. The molecule has 0 spiro atoms. The van der Waals surface area contributed by atoms with E-state index in [-0.39, 0.29) is 16.8 Å². The Balaban J connectivity index is 2.26. The first-order chi connectivity index (χ1) is 10.7. The third-order valence-electron chi connectivity index (χ3n) is 3.21. The number of hydrogen-bond donors (Lipinski definition) is 2. The van der Waals surface area contributed by atoms with E-state index in [4.69, 9.17) is 5.73 Å². The van der Waals surface area contributed by atoms with Gasteiger partial charge in [0.1, 0.15) is 0 Å². The number of amides is 2. The molecule has 4 nitrogen and oxygen atoms in total. The summed E-state index contributed by atoms with van der Waals surface area (Å²) in [6, 6.07) is 8.60. The number of carbonyl (C=O) groups excluding carboxylic acids is 2. The van der Waals surface area contributed by atoms with Crippen LogP contribution in [0.15, 0.2) is 42.5 Å². The van der Waals surface area contributed by atoms with Gasteiger partial charge in [-0.2, -0.15) is 13.2 Å². The van der Waals surface area contributed by atoms with Crippen LogP contribution in [-0.2, 0) is 6.18 Å². The van der Waals surface area contributed by atoms with Gasteiger partial charge in [0.15, 0.2) is 0 Å². The van der Waals surface area contributed by atoms with Crippen molar-refractivity contribution < 1.29 is 22.8 Å². The highest BCUT2D eigenvalue weighted by Gasteiger charge is 2.30. The lowest BCUT2D eigenvalue weighted by Gasteiger charge is -2.10. The average Bonchev–Trinajstić information content (AvgIpc) is 2.46. The summed E-state index contributed by atoms with van der Waals surface area (Å²) >= 11 is 0. The van der Waals surface area contributed by atoms with Gasteiger partial charge in [0.05, 0.1) is 5.56 Å². The van der Waals surface area contributed by atoms with Gasteiger partial charge in [-0.3, -0.25) is 9.59 Å². The number of benzene rings is 2. The van der Waals surface area contributed by atoms with Crippen molar-refractivity contribution in [1.29, 1.82) is 0 Å². The highest BCUT2D eigenvalue weighted by molar-refractivity contribution is 6.06. The molecular weight excluding hydrogens is 309 g/mol. The molecule has 2 amide bonds. The van der Waals surface area contributed by atoms with Gasteiger partial charge in [-0.25, -0.2) is 0 Å². The van der Waals surface area contributed by atoms with Crippen LogP contribution in [0.25, 0.3) is 0 Å². The summed E-state index contributed by atoms with van der Waals surface area (Å²) < 4.78 is 38.0. The second kappa shape index (κ2) is 6.12. The molecule has 23 heavy (non-hydrogen) atoms. The minimum Gasteiger partial charge on any atom is -0.366 e. The number of halogens is 3. The number of nitrogens with one attached hydrogen (secondary N) is 1. The van der Waals surface area contributed by atoms with E-state index in [9.17, 15) is 22.8 Å². The van der Waals surface area contributed by atoms with Crippen molar-refractivity contribution in [2.75, 3.05) is 5.32 Å². The third kappa shape index (κ3) is 3.88. The van der Waals surface area contributed by atoms with E-state index >= 15 is 0 Å². The summed E-state index contributed by atoms with van der Waals surface area (Å²) in [5, 5.41) is 2.37. The molecule has 0 aromatic heterocycles. The van der Waals surface area contributed by atoms with Crippen molar-refractivity contribution >= 4 is 17.5 Å². The fourth-order valence-corrected chi connectivity index (χ4v) is 2.01. The molecular formula is C16H13F3N2O2. The minimum absolute atomic E-state index is 0.00558. The fraction of sp³-hybridized carbons (Fsp3) is 0.125. The molecule has 3 N–H and O–H groups in total. The maximum atomic E-state index is 12.7. The molecule has 0 atom stereocenters. The molecule has 0 heterocycles. The van der Waals surface area contributed by atoms with Crippen LogP contribution in [0.1, 0.15) is 31.8 Å². The van der Waals surface area contributed by atoms with E-state index in [1.54, 1.807) is 13.0 Å².